The van der Waals surface area contributed by atoms with E-state index in [0.717, 1.165) is 35.4 Å². The van der Waals surface area contributed by atoms with Crippen LogP contribution >= 0.6 is 12.6 Å². The Kier molecular flexibility index (Phi) is 6.52. The van der Waals surface area contributed by atoms with Crippen LogP contribution in [-0.4, -0.2) is 14.8 Å². The van der Waals surface area contributed by atoms with E-state index in [9.17, 15) is 0 Å². The van der Waals surface area contributed by atoms with E-state index in [0.29, 0.717) is 0 Å². The van der Waals surface area contributed by atoms with Gasteiger partial charge in [-0.2, -0.15) is 17.7 Å². The van der Waals surface area contributed by atoms with E-state index in [-0.39, 0.29) is 10.7 Å². The van der Waals surface area contributed by atoms with Gasteiger partial charge in [-0.25, -0.2) is 9.67 Å². The van der Waals surface area contributed by atoms with Crippen LogP contribution in [-0.2, 0) is 5.54 Å². The summed E-state index contributed by atoms with van der Waals surface area (Å²) in [4.78, 5) is 4.80. The molecule has 3 aromatic carbocycles. The Morgan fingerprint density at radius 3 is 1.53 bits per heavy atom. The molecule has 1 atom stereocenters. The highest BCUT2D eigenvalue weighted by atomic mass is 32.1. The summed E-state index contributed by atoms with van der Waals surface area (Å²) < 4.78 is 2.03. The molecule has 0 N–H and O–H groups in total. The zero-order valence-corrected chi connectivity index (χ0v) is 19.9. The number of nitrogens with zero attached hydrogens (tertiary/aromatic N) is 3. The van der Waals surface area contributed by atoms with Gasteiger partial charge in [0.1, 0.15) is 11.9 Å². The predicted molar refractivity (Wildman–Crippen MR) is 135 cm³/mol. The number of benzene rings is 3. The fraction of sp³-hybridized carbons (Fsp3) is 0.286. The van der Waals surface area contributed by atoms with Crippen molar-refractivity contribution in [1.82, 2.24) is 14.8 Å². The largest absolute Gasteiger partial charge is 0.233 e. The van der Waals surface area contributed by atoms with E-state index in [2.05, 4.69) is 112 Å². The van der Waals surface area contributed by atoms with Crippen LogP contribution in [0.5, 0.6) is 0 Å². The minimum absolute atomic E-state index is 0.0319. The number of rotatable bonds is 8. The molecule has 4 heteroatoms. The van der Waals surface area contributed by atoms with Crippen LogP contribution < -0.4 is 0 Å². The first-order valence-electron chi connectivity index (χ1n) is 11.3. The molecule has 0 radical (unpaired) electrons. The molecule has 32 heavy (non-hydrogen) atoms. The normalized spacial score (nSPS) is 13.1. The molecule has 4 rings (SSSR count). The zero-order valence-electron chi connectivity index (χ0n) is 19.0. The van der Waals surface area contributed by atoms with Gasteiger partial charge in [-0.15, -0.1) is 0 Å². The lowest BCUT2D eigenvalue weighted by Gasteiger charge is -2.36. The number of hydrogen-bond acceptors (Lipinski definition) is 3. The predicted octanol–water partition coefficient (Wildman–Crippen LogP) is 6.92. The van der Waals surface area contributed by atoms with Gasteiger partial charge in [-0.1, -0.05) is 112 Å². The lowest BCUT2D eigenvalue weighted by Crippen LogP contribution is -2.38. The smallest absolute Gasteiger partial charge is 0.163 e. The lowest BCUT2D eigenvalue weighted by atomic mass is 9.77. The van der Waals surface area contributed by atoms with Gasteiger partial charge in [0.05, 0.1) is 5.25 Å². The quantitative estimate of drug-likeness (QED) is 0.238. The third kappa shape index (κ3) is 3.77. The molecule has 0 spiro atoms. The van der Waals surface area contributed by atoms with E-state index in [1.54, 1.807) is 0 Å². The molecule has 0 aliphatic rings. The van der Waals surface area contributed by atoms with E-state index in [4.69, 9.17) is 22.7 Å². The Hall–Kier alpha value is -2.85. The minimum atomic E-state index is -0.642. The summed E-state index contributed by atoms with van der Waals surface area (Å²) in [6, 6.07) is 31.7. The van der Waals surface area contributed by atoms with Crippen LogP contribution in [0.25, 0.3) is 0 Å². The molecule has 0 aliphatic heterocycles. The molecule has 0 saturated heterocycles. The van der Waals surface area contributed by atoms with Crippen molar-refractivity contribution in [3.63, 3.8) is 0 Å². The van der Waals surface area contributed by atoms with Gasteiger partial charge in [0.25, 0.3) is 0 Å². The third-order valence-electron chi connectivity index (χ3n) is 6.95. The highest BCUT2D eigenvalue weighted by Gasteiger charge is 2.41. The number of thiol groups is 1. The summed E-state index contributed by atoms with van der Waals surface area (Å²) in [5.74, 6) is 0.770. The first-order chi connectivity index (χ1) is 15.6. The Bertz CT molecular complexity index is 1020. The van der Waals surface area contributed by atoms with Crippen LogP contribution in [0.15, 0.2) is 97.3 Å². The summed E-state index contributed by atoms with van der Waals surface area (Å²) in [6.45, 7) is 6.70. The summed E-state index contributed by atoms with van der Waals surface area (Å²) in [6.07, 6.45) is 3.91. The molecule has 0 aliphatic carbocycles. The molecule has 0 fully saturated rings. The minimum Gasteiger partial charge on any atom is -0.233 e. The molecular weight excluding hydrogens is 410 g/mol. The van der Waals surface area contributed by atoms with Crippen molar-refractivity contribution in [3.8, 4) is 0 Å². The van der Waals surface area contributed by atoms with Gasteiger partial charge in [-0.05, 0) is 34.9 Å². The van der Waals surface area contributed by atoms with E-state index in [1.165, 1.54) is 0 Å². The van der Waals surface area contributed by atoms with Crippen molar-refractivity contribution in [3.05, 3.63) is 120 Å². The van der Waals surface area contributed by atoms with Crippen molar-refractivity contribution in [1.29, 1.82) is 0 Å². The average molecular weight is 442 g/mol. The molecule has 0 amide bonds. The molecule has 1 aromatic heterocycles. The van der Waals surface area contributed by atoms with Crippen LogP contribution in [0.2, 0.25) is 0 Å². The highest BCUT2D eigenvalue weighted by molar-refractivity contribution is 7.80. The Morgan fingerprint density at radius 2 is 1.16 bits per heavy atom. The van der Waals surface area contributed by atoms with Gasteiger partial charge >= 0.3 is 0 Å². The Labute approximate surface area is 197 Å². The molecule has 3 nitrogen and oxygen atoms in total. The van der Waals surface area contributed by atoms with Crippen molar-refractivity contribution >= 4 is 12.6 Å². The molecule has 1 unspecified atom stereocenters. The summed E-state index contributed by atoms with van der Waals surface area (Å²) in [5, 5.41) is 5.06. The van der Waals surface area contributed by atoms with Crippen LogP contribution in [0.3, 0.4) is 0 Å². The van der Waals surface area contributed by atoms with Gasteiger partial charge < -0.3 is 0 Å². The molecule has 0 bridgehead atoms. The number of aromatic nitrogens is 3. The van der Waals surface area contributed by atoms with Crippen LogP contribution in [0.1, 0.15) is 61.4 Å². The maximum Gasteiger partial charge on any atom is 0.163 e. The van der Waals surface area contributed by atoms with Crippen molar-refractivity contribution in [2.24, 2.45) is 5.41 Å². The van der Waals surface area contributed by atoms with Crippen molar-refractivity contribution < 1.29 is 0 Å². The molecule has 164 valence electrons. The molecule has 4 aromatic rings. The second-order valence-electron chi connectivity index (χ2n) is 8.62. The Balaban J connectivity index is 1.99. The van der Waals surface area contributed by atoms with Gasteiger partial charge in [0.2, 0.25) is 0 Å². The van der Waals surface area contributed by atoms with E-state index in [1.807, 2.05) is 11.0 Å². The van der Waals surface area contributed by atoms with Gasteiger partial charge in [0, 0.05) is 0 Å². The maximum atomic E-state index is 5.10. The lowest BCUT2D eigenvalue weighted by molar-refractivity contribution is 0.282. The standard InChI is InChI=1S/C28H31N3S/c1-4-27(3,5-2)25(32)26-29-21-31(30-26)28(22-15-9-6-10-16-22,23-17-11-7-12-18-23)24-19-13-8-14-20-24/h6-21,25,32H,4-5H2,1-3H3. The molecule has 1 heterocycles. The second kappa shape index (κ2) is 9.33. The van der Waals surface area contributed by atoms with E-state index >= 15 is 0 Å². The fourth-order valence-corrected chi connectivity index (χ4v) is 4.93. The van der Waals surface area contributed by atoms with Gasteiger partial charge in [-0.3, -0.25) is 0 Å². The van der Waals surface area contributed by atoms with Crippen LogP contribution in [0.4, 0.5) is 0 Å². The van der Waals surface area contributed by atoms with Gasteiger partial charge in [0.15, 0.2) is 5.82 Å². The first kappa shape index (κ1) is 22.3. The first-order valence-corrected chi connectivity index (χ1v) is 11.8. The Morgan fingerprint density at radius 1 is 0.750 bits per heavy atom. The second-order valence-corrected chi connectivity index (χ2v) is 9.14. The SMILES string of the molecule is CCC(C)(CC)C(S)c1ncn(C(c2ccccc2)(c2ccccc2)c2ccccc2)n1. The number of hydrogen-bond donors (Lipinski definition) is 1. The van der Waals surface area contributed by atoms with Crippen molar-refractivity contribution in [2.75, 3.05) is 0 Å². The third-order valence-corrected chi connectivity index (χ3v) is 7.80. The summed E-state index contributed by atoms with van der Waals surface area (Å²) in [5.41, 5.74) is 2.80. The topological polar surface area (TPSA) is 30.7 Å². The highest BCUT2D eigenvalue weighted by Crippen LogP contribution is 2.44. The zero-order chi connectivity index (χ0) is 22.6. The van der Waals surface area contributed by atoms with E-state index < -0.39 is 5.54 Å². The van der Waals surface area contributed by atoms with Crippen LogP contribution in [0, 0.1) is 5.41 Å². The summed E-state index contributed by atoms with van der Waals surface area (Å²) >= 11 is 4.99. The fourth-order valence-electron chi connectivity index (χ4n) is 4.45. The van der Waals surface area contributed by atoms with Crippen molar-refractivity contribution in [2.45, 2.75) is 44.4 Å². The maximum absolute atomic E-state index is 5.10. The summed E-state index contributed by atoms with van der Waals surface area (Å²) in [7, 11) is 0. The monoisotopic (exact) mass is 441 g/mol. The molecule has 0 saturated carbocycles. The molecular formula is C28H31N3S. The average Bonchev–Trinajstić information content (AvgIpc) is 3.36.